The summed E-state index contributed by atoms with van der Waals surface area (Å²) in [4.78, 5) is 13.7. The molecule has 2 saturated carbocycles. The Labute approximate surface area is 85.1 Å². The van der Waals surface area contributed by atoms with E-state index in [0.717, 1.165) is 19.5 Å². The van der Waals surface area contributed by atoms with Crippen molar-refractivity contribution in [2.75, 3.05) is 13.1 Å². The molecule has 80 valence electrons. The molecule has 14 heavy (non-hydrogen) atoms. The molecule has 0 aromatic carbocycles. The summed E-state index contributed by atoms with van der Waals surface area (Å²) in [7, 11) is 0. The Hall–Kier alpha value is -0.570. The molecular weight excluding hydrogens is 178 g/mol. The summed E-state index contributed by atoms with van der Waals surface area (Å²) in [6.07, 6.45) is 4.82. The molecule has 3 heteroatoms. The highest BCUT2D eigenvalue weighted by Gasteiger charge is 2.50. The maximum atomic E-state index is 11.9. The molecule has 3 nitrogen and oxygen atoms in total. The lowest BCUT2D eigenvalue weighted by molar-refractivity contribution is -0.142. The van der Waals surface area contributed by atoms with Crippen molar-refractivity contribution in [2.45, 2.75) is 44.6 Å². The fourth-order valence-electron chi connectivity index (χ4n) is 1.78. The Kier molecular flexibility index (Phi) is 2.52. The second kappa shape index (κ2) is 3.54. The molecule has 2 aliphatic carbocycles. The minimum Gasteiger partial charge on any atom is -0.380 e. The molecule has 1 amide bonds. The van der Waals surface area contributed by atoms with Gasteiger partial charge in [-0.05, 0) is 38.0 Å². The van der Waals surface area contributed by atoms with Crippen LogP contribution in [0.2, 0.25) is 0 Å². The molecule has 1 N–H and O–H groups in total. The maximum absolute atomic E-state index is 11.9. The van der Waals surface area contributed by atoms with Crippen LogP contribution in [-0.2, 0) is 4.79 Å². The number of nitrogens with zero attached hydrogens (tertiary/aromatic N) is 1. The van der Waals surface area contributed by atoms with Crippen molar-refractivity contribution in [3.63, 3.8) is 0 Å². The van der Waals surface area contributed by atoms with Gasteiger partial charge in [-0.2, -0.15) is 0 Å². The SMILES string of the molecule is CCCN(CC1CC1)C(=O)C1(O)CC1. The van der Waals surface area contributed by atoms with Crippen LogP contribution in [0.4, 0.5) is 0 Å². The zero-order valence-corrected chi connectivity index (χ0v) is 8.83. The van der Waals surface area contributed by atoms with Crippen LogP contribution in [0, 0.1) is 5.92 Å². The van der Waals surface area contributed by atoms with E-state index in [9.17, 15) is 9.90 Å². The Morgan fingerprint density at radius 2 is 2.14 bits per heavy atom. The van der Waals surface area contributed by atoms with E-state index in [-0.39, 0.29) is 5.91 Å². The largest absolute Gasteiger partial charge is 0.380 e. The summed E-state index contributed by atoms with van der Waals surface area (Å²) >= 11 is 0. The molecule has 0 aliphatic heterocycles. The van der Waals surface area contributed by atoms with Gasteiger partial charge in [0.1, 0.15) is 5.60 Å². The molecule has 0 aromatic rings. The van der Waals surface area contributed by atoms with Crippen LogP contribution in [0.15, 0.2) is 0 Å². The third-order valence-electron chi connectivity index (χ3n) is 3.08. The van der Waals surface area contributed by atoms with Crippen LogP contribution in [0.25, 0.3) is 0 Å². The fourth-order valence-corrected chi connectivity index (χ4v) is 1.78. The van der Waals surface area contributed by atoms with Gasteiger partial charge in [0.15, 0.2) is 0 Å². The highest BCUT2D eigenvalue weighted by molar-refractivity contribution is 5.87. The molecule has 0 saturated heterocycles. The minimum absolute atomic E-state index is 0.0220. The second-order valence-corrected chi connectivity index (χ2v) is 4.73. The molecule has 0 aromatic heterocycles. The molecule has 0 spiro atoms. The predicted molar refractivity (Wildman–Crippen MR) is 53.8 cm³/mol. The van der Waals surface area contributed by atoms with Gasteiger partial charge in [-0.1, -0.05) is 6.92 Å². The van der Waals surface area contributed by atoms with Gasteiger partial charge in [-0.25, -0.2) is 0 Å². The van der Waals surface area contributed by atoms with Crippen molar-refractivity contribution in [3.8, 4) is 0 Å². The van der Waals surface area contributed by atoms with Crippen LogP contribution in [0.3, 0.4) is 0 Å². The van der Waals surface area contributed by atoms with Crippen molar-refractivity contribution in [1.82, 2.24) is 4.90 Å². The van der Waals surface area contributed by atoms with E-state index in [0.29, 0.717) is 18.8 Å². The summed E-state index contributed by atoms with van der Waals surface area (Å²) in [6.45, 7) is 3.75. The number of aliphatic hydroxyl groups is 1. The molecule has 0 atom stereocenters. The number of rotatable bonds is 5. The van der Waals surface area contributed by atoms with Gasteiger partial charge in [-0.15, -0.1) is 0 Å². The first-order chi connectivity index (χ1) is 6.65. The minimum atomic E-state index is -0.968. The van der Waals surface area contributed by atoms with E-state index in [1.165, 1.54) is 12.8 Å². The number of hydrogen-bond acceptors (Lipinski definition) is 2. The Bertz CT molecular complexity index is 231. The smallest absolute Gasteiger partial charge is 0.254 e. The van der Waals surface area contributed by atoms with E-state index in [4.69, 9.17) is 0 Å². The Balaban J connectivity index is 1.90. The number of carbonyl (C=O) groups is 1. The van der Waals surface area contributed by atoms with Crippen molar-refractivity contribution >= 4 is 5.91 Å². The van der Waals surface area contributed by atoms with Gasteiger partial charge >= 0.3 is 0 Å². The molecule has 2 rings (SSSR count). The fraction of sp³-hybridized carbons (Fsp3) is 0.909. The van der Waals surface area contributed by atoms with Crippen LogP contribution in [0.1, 0.15) is 39.0 Å². The van der Waals surface area contributed by atoms with Gasteiger partial charge in [0.25, 0.3) is 5.91 Å². The topological polar surface area (TPSA) is 40.5 Å². The molecule has 2 aliphatic rings. The van der Waals surface area contributed by atoms with E-state index in [1.54, 1.807) is 0 Å². The van der Waals surface area contributed by atoms with Crippen molar-refractivity contribution in [3.05, 3.63) is 0 Å². The van der Waals surface area contributed by atoms with Gasteiger partial charge in [-0.3, -0.25) is 4.79 Å². The third kappa shape index (κ3) is 2.08. The molecule has 0 bridgehead atoms. The zero-order valence-electron chi connectivity index (χ0n) is 8.83. The Morgan fingerprint density at radius 3 is 2.57 bits per heavy atom. The summed E-state index contributed by atoms with van der Waals surface area (Å²) in [5, 5.41) is 9.74. The van der Waals surface area contributed by atoms with E-state index < -0.39 is 5.60 Å². The summed E-state index contributed by atoms with van der Waals surface area (Å²) in [5.74, 6) is 0.694. The average Bonchev–Trinajstić information content (AvgIpc) is 3.02. The quantitative estimate of drug-likeness (QED) is 0.718. The monoisotopic (exact) mass is 197 g/mol. The molecule has 0 radical (unpaired) electrons. The first-order valence-electron chi connectivity index (χ1n) is 5.67. The number of amides is 1. The van der Waals surface area contributed by atoms with E-state index >= 15 is 0 Å². The van der Waals surface area contributed by atoms with Crippen molar-refractivity contribution in [2.24, 2.45) is 5.92 Å². The first kappa shape index (κ1) is 9.97. The summed E-state index contributed by atoms with van der Waals surface area (Å²) in [5.41, 5.74) is -0.968. The highest BCUT2D eigenvalue weighted by atomic mass is 16.3. The van der Waals surface area contributed by atoms with Gasteiger partial charge in [0.05, 0.1) is 0 Å². The van der Waals surface area contributed by atoms with Gasteiger partial charge in [0, 0.05) is 13.1 Å². The lowest BCUT2D eigenvalue weighted by atomic mass is 10.2. The van der Waals surface area contributed by atoms with Crippen LogP contribution >= 0.6 is 0 Å². The maximum Gasteiger partial charge on any atom is 0.254 e. The highest BCUT2D eigenvalue weighted by Crippen LogP contribution is 2.38. The number of hydrogen-bond donors (Lipinski definition) is 1. The van der Waals surface area contributed by atoms with Crippen LogP contribution in [-0.4, -0.2) is 34.6 Å². The second-order valence-electron chi connectivity index (χ2n) is 4.73. The molecular formula is C11H19NO2. The predicted octanol–water partition coefficient (Wildman–Crippen LogP) is 1.16. The van der Waals surface area contributed by atoms with Gasteiger partial charge in [0.2, 0.25) is 0 Å². The van der Waals surface area contributed by atoms with Crippen LogP contribution < -0.4 is 0 Å². The Morgan fingerprint density at radius 1 is 1.50 bits per heavy atom. The standard InChI is InChI=1S/C11H19NO2/c1-2-7-12(8-9-3-4-9)10(13)11(14)5-6-11/h9,14H,2-8H2,1H3. The normalized spacial score (nSPS) is 23.3. The van der Waals surface area contributed by atoms with Gasteiger partial charge < -0.3 is 10.0 Å². The summed E-state index contributed by atoms with van der Waals surface area (Å²) < 4.78 is 0. The van der Waals surface area contributed by atoms with Crippen LogP contribution in [0.5, 0.6) is 0 Å². The zero-order chi connectivity index (χ0) is 10.2. The molecule has 0 heterocycles. The first-order valence-corrected chi connectivity index (χ1v) is 5.67. The van der Waals surface area contributed by atoms with E-state index in [1.807, 2.05) is 4.90 Å². The lowest BCUT2D eigenvalue weighted by Gasteiger charge is -2.24. The average molecular weight is 197 g/mol. The number of carbonyl (C=O) groups excluding carboxylic acids is 1. The van der Waals surface area contributed by atoms with Crippen molar-refractivity contribution < 1.29 is 9.90 Å². The summed E-state index contributed by atoms with van der Waals surface area (Å²) in [6, 6.07) is 0. The molecule has 2 fully saturated rings. The molecule has 0 unspecified atom stereocenters. The third-order valence-corrected chi connectivity index (χ3v) is 3.08. The lowest BCUT2D eigenvalue weighted by Crippen LogP contribution is -2.42. The van der Waals surface area contributed by atoms with E-state index in [2.05, 4.69) is 6.92 Å². The van der Waals surface area contributed by atoms with Crippen molar-refractivity contribution in [1.29, 1.82) is 0 Å².